The monoisotopic (exact) mass is 506 g/mol. The Kier molecular flexibility index (Phi) is 13.3. The van der Waals surface area contributed by atoms with E-state index in [0.29, 0.717) is 19.4 Å². The number of nitrogens with zero attached hydrogens (tertiary/aromatic N) is 1. The first-order valence-electron chi connectivity index (χ1n) is 11.8. The van der Waals surface area contributed by atoms with Crippen molar-refractivity contribution in [3.63, 3.8) is 0 Å². The Morgan fingerprint density at radius 1 is 1.03 bits per heavy atom. The number of carbonyl (C=O) groups excluding carboxylic acids is 5. The molecule has 0 aliphatic rings. The number of carbonyl (C=O) groups is 5. The minimum Gasteiger partial charge on any atom is -0.394 e. The standard InChI is InChI=1S/C24H38N6O6/c1-30(24(36)17(26)14-31)19(11-15-7-3-2-4-8-15)20(32)12-16(9-5-6-10-25)23(35)29-18(22(28)34)13-21(27)33/h2-4,7-8,16-19,31H,5-6,9-14,25-26H2,1H3,(H2,27,33)(H2,28,34)(H,29,35)/t16-,17+,18+,19+/m1/s1. The number of Topliss-reactive ketones (excluding diaryl/α,β-unsaturated/α-hetero) is 1. The number of unbranched alkanes of at least 4 members (excludes halogenated alkanes) is 1. The van der Waals surface area contributed by atoms with Gasteiger partial charge in [0.1, 0.15) is 12.1 Å². The van der Waals surface area contributed by atoms with E-state index in [4.69, 9.17) is 22.9 Å². The number of hydrogen-bond donors (Lipinski definition) is 6. The summed E-state index contributed by atoms with van der Waals surface area (Å²) < 4.78 is 0. The average molecular weight is 507 g/mol. The summed E-state index contributed by atoms with van der Waals surface area (Å²) in [6.07, 6.45) is 0.868. The minimum absolute atomic E-state index is 0.169. The minimum atomic E-state index is -1.31. The van der Waals surface area contributed by atoms with E-state index >= 15 is 0 Å². The molecule has 0 heterocycles. The van der Waals surface area contributed by atoms with Gasteiger partial charge in [-0.2, -0.15) is 0 Å². The molecule has 0 bridgehead atoms. The number of nitrogens with one attached hydrogen (secondary N) is 1. The van der Waals surface area contributed by atoms with E-state index in [9.17, 15) is 29.1 Å². The van der Waals surface area contributed by atoms with Crippen molar-refractivity contribution >= 4 is 29.4 Å². The summed E-state index contributed by atoms with van der Waals surface area (Å²) in [5, 5.41) is 11.7. The first-order valence-corrected chi connectivity index (χ1v) is 11.8. The van der Waals surface area contributed by atoms with Crippen molar-refractivity contribution in [2.75, 3.05) is 20.2 Å². The largest absolute Gasteiger partial charge is 0.394 e. The lowest BCUT2D eigenvalue weighted by Gasteiger charge is -2.30. The molecule has 4 atom stereocenters. The number of primary amides is 2. The van der Waals surface area contributed by atoms with E-state index in [1.165, 1.54) is 11.9 Å². The van der Waals surface area contributed by atoms with Crippen LogP contribution in [0.4, 0.5) is 0 Å². The van der Waals surface area contributed by atoms with Gasteiger partial charge in [-0.05, 0) is 31.4 Å². The maximum absolute atomic E-state index is 13.5. The Balaban J connectivity index is 3.18. The Hall–Kier alpha value is -3.35. The van der Waals surface area contributed by atoms with Crippen LogP contribution in [0.25, 0.3) is 0 Å². The second-order valence-electron chi connectivity index (χ2n) is 8.73. The van der Waals surface area contributed by atoms with Gasteiger partial charge in [-0.3, -0.25) is 24.0 Å². The molecule has 0 aliphatic carbocycles. The van der Waals surface area contributed by atoms with Crippen LogP contribution in [0.5, 0.6) is 0 Å². The molecule has 0 saturated heterocycles. The van der Waals surface area contributed by atoms with Crippen LogP contribution in [0.3, 0.4) is 0 Å². The Morgan fingerprint density at radius 2 is 1.67 bits per heavy atom. The van der Waals surface area contributed by atoms with E-state index in [1.807, 2.05) is 6.07 Å². The lowest BCUT2D eigenvalue weighted by molar-refractivity contribution is -0.141. The molecule has 200 valence electrons. The second kappa shape index (κ2) is 15.6. The van der Waals surface area contributed by atoms with Crippen molar-refractivity contribution < 1.29 is 29.1 Å². The molecule has 1 rings (SSSR count). The maximum atomic E-state index is 13.5. The molecule has 0 unspecified atom stereocenters. The van der Waals surface area contributed by atoms with Gasteiger partial charge in [0.2, 0.25) is 23.6 Å². The van der Waals surface area contributed by atoms with Crippen LogP contribution in [0, 0.1) is 5.92 Å². The summed E-state index contributed by atoms with van der Waals surface area (Å²) in [7, 11) is 1.42. The number of aliphatic hydroxyl groups excluding tert-OH is 1. The van der Waals surface area contributed by atoms with Gasteiger partial charge >= 0.3 is 0 Å². The zero-order chi connectivity index (χ0) is 27.3. The van der Waals surface area contributed by atoms with Crippen molar-refractivity contribution in [1.29, 1.82) is 0 Å². The number of aliphatic hydroxyl groups is 1. The molecule has 0 aliphatic heterocycles. The third-order valence-corrected chi connectivity index (χ3v) is 5.86. The third-order valence-electron chi connectivity index (χ3n) is 5.86. The number of hydrogen-bond acceptors (Lipinski definition) is 8. The van der Waals surface area contributed by atoms with E-state index in [1.54, 1.807) is 24.3 Å². The van der Waals surface area contributed by atoms with Crippen molar-refractivity contribution in [2.24, 2.45) is 28.9 Å². The number of rotatable bonds is 17. The van der Waals surface area contributed by atoms with Crippen molar-refractivity contribution in [1.82, 2.24) is 10.2 Å². The number of ketones is 1. The predicted molar refractivity (Wildman–Crippen MR) is 133 cm³/mol. The first kappa shape index (κ1) is 30.7. The highest BCUT2D eigenvalue weighted by Crippen LogP contribution is 2.19. The predicted octanol–water partition coefficient (Wildman–Crippen LogP) is -2.07. The van der Waals surface area contributed by atoms with Crippen LogP contribution in [0.2, 0.25) is 0 Å². The summed E-state index contributed by atoms with van der Waals surface area (Å²) in [5.74, 6) is -4.28. The molecule has 12 heteroatoms. The van der Waals surface area contributed by atoms with E-state index in [-0.39, 0.29) is 19.3 Å². The van der Waals surface area contributed by atoms with E-state index < -0.39 is 66.5 Å². The number of benzene rings is 1. The van der Waals surface area contributed by atoms with Crippen LogP contribution in [-0.4, -0.2) is 77.7 Å². The second-order valence-corrected chi connectivity index (χ2v) is 8.73. The highest BCUT2D eigenvalue weighted by molar-refractivity contribution is 5.95. The fourth-order valence-corrected chi connectivity index (χ4v) is 3.75. The fourth-order valence-electron chi connectivity index (χ4n) is 3.75. The van der Waals surface area contributed by atoms with Crippen LogP contribution in [0.15, 0.2) is 30.3 Å². The third kappa shape index (κ3) is 10.1. The molecule has 0 saturated carbocycles. The Labute approximate surface area is 210 Å². The van der Waals surface area contributed by atoms with Crippen LogP contribution >= 0.6 is 0 Å². The summed E-state index contributed by atoms with van der Waals surface area (Å²) in [4.78, 5) is 63.3. The average Bonchev–Trinajstić information content (AvgIpc) is 2.85. The quantitative estimate of drug-likeness (QED) is 0.128. The number of nitrogens with two attached hydrogens (primary N) is 4. The van der Waals surface area contributed by atoms with Gasteiger partial charge in [-0.1, -0.05) is 36.8 Å². The smallest absolute Gasteiger partial charge is 0.242 e. The van der Waals surface area contributed by atoms with Gasteiger partial charge in [0.15, 0.2) is 5.78 Å². The molecule has 0 fully saturated rings. The maximum Gasteiger partial charge on any atom is 0.242 e. The molecule has 12 nitrogen and oxygen atoms in total. The highest BCUT2D eigenvalue weighted by Gasteiger charge is 2.33. The SMILES string of the molecule is CN(C(=O)[C@@H](N)CO)[C@@H](Cc1ccccc1)C(=O)C[C@@H](CCCCN)C(=O)N[C@@H](CC(N)=O)C(N)=O. The van der Waals surface area contributed by atoms with Crippen LogP contribution in [0.1, 0.15) is 37.7 Å². The fraction of sp³-hybridized carbons (Fsp3) is 0.542. The molecular formula is C24H38N6O6. The highest BCUT2D eigenvalue weighted by atomic mass is 16.3. The topological polar surface area (TPSA) is 225 Å². The van der Waals surface area contributed by atoms with Gasteiger partial charge < -0.3 is 38.3 Å². The van der Waals surface area contributed by atoms with Crippen molar-refractivity contribution in [3.05, 3.63) is 35.9 Å². The summed E-state index contributed by atoms with van der Waals surface area (Å²) >= 11 is 0. The van der Waals surface area contributed by atoms with Gasteiger partial charge in [-0.25, -0.2) is 0 Å². The number of likely N-dealkylation sites (N-methyl/N-ethyl adjacent to an activating group) is 1. The summed E-state index contributed by atoms with van der Waals surface area (Å²) in [5.41, 5.74) is 22.5. The molecule has 4 amide bonds. The molecule has 0 aromatic heterocycles. The molecule has 1 aromatic rings. The van der Waals surface area contributed by atoms with E-state index in [0.717, 1.165) is 5.56 Å². The molecule has 10 N–H and O–H groups in total. The van der Waals surface area contributed by atoms with Gasteiger partial charge in [-0.15, -0.1) is 0 Å². The lowest BCUT2D eigenvalue weighted by Crippen LogP contribution is -2.52. The lowest BCUT2D eigenvalue weighted by atomic mass is 9.89. The summed E-state index contributed by atoms with van der Waals surface area (Å²) in [6.45, 7) is -0.200. The Morgan fingerprint density at radius 3 is 2.19 bits per heavy atom. The zero-order valence-electron chi connectivity index (χ0n) is 20.6. The van der Waals surface area contributed by atoms with Gasteiger partial charge in [0.05, 0.1) is 19.1 Å². The molecule has 36 heavy (non-hydrogen) atoms. The van der Waals surface area contributed by atoms with Crippen LogP contribution < -0.4 is 28.3 Å². The first-order chi connectivity index (χ1) is 17.0. The van der Waals surface area contributed by atoms with Crippen LogP contribution in [-0.2, 0) is 30.4 Å². The molecule has 0 spiro atoms. The zero-order valence-corrected chi connectivity index (χ0v) is 20.6. The van der Waals surface area contributed by atoms with Crippen molar-refractivity contribution in [3.8, 4) is 0 Å². The van der Waals surface area contributed by atoms with Crippen molar-refractivity contribution in [2.45, 2.75) is 56.7 Å². The number of amides is 4. The summed E-state index contributed by atoms with van der Waals surface area (Å²) in [6, 6.07) is 5.54. The normalized spacial score (nSPS) is 14.2. The van der Waals surface area contributed by atoms with Gasteiger partial charge in [0, 0.05) is 19.4 Å². The molecule has 1 aromatic carbocycles. The molecular weight excluding hydrogens is 468 g/mol. The molecule has 0 radical (unpaired) electrons. The van der Waals surface area contributed by atoms with E-state index in [2.05, 4.69) is 5.32 Å². The van der Waals surface area contributed by atoms with Gasteiger partial charge in [0.25, 0.3) is 0 Å². The Bertz CT molecular complexity index is 896.